The molecule has 0 spiro atoms. The molecule has 9 heteroatoms. The highest BCUT2D eigenvalue weighted by Gasteiger charge is 2.41. The van der Waals surface area contributed by atoms with Gasteiger partial charge in [-0.05, 0) is 69.0 Å². The van der Waals surface area contributed by atoms with E-state index >= 15 is 13.2 Å². The summed E-state index contributed by atoms with van der Waals surface area (Å²) < 4.78 is 73.4. The summed E-state index contributed by atoms with van der Waals surface area (Å²) in [6.45, 7) is 6.84. The van der Waals surface area contributed by atoms with Crippen LogP contribution >= 0.6 is 0 Å². The van der Waals surface area contributed by atoms with Gasteiger partial charge in [0.15, 0.2) is 0 Å². The van der Waals surface area contributed by atoms with Gasteiger partial charge in [0.1, 0.15) is 23.1 Å². The number of nitrogens with one attached hydrogen (secondary N) is 2. The van der Waals surface area contributed by atoms with E-state index in [2.05, 4.69) is 15.2 Å². The first-order chi connectivity index (χ1) is 18.1. The Labute approximate surface area is 220 Å². The van der Waals surface area contributed by atoms with Crippen molar-refractivity contribution in [2.75, 3.05) is 38.2 Å². The zero-order valence-corrected chi connectivity index (χ0v) is 22.1. The van der Waals surface area contributed by atoms with Crippen LogP contribution < -0.4 is 5.32 Å². The normalized spacial score (nSPS) is 22.3. The highest BCUT2D eigenvalue weighted by atomic mass is 19.2. The monoisotopic (exact) mass is 534 g/mol. The van der Waals surface area contributed by atoms with E-state index in [4.69, 9.17) is 0 Å². The Bertz CT molecular complexity index is 1280. The summed E-state index contributed by atoms with van der Waals surface area (Å²) in [5.41, 5.74) is 0.604. The predicted octanol–water partition coefficient (Wildman–Crippen LogP) is 6.52. The Morgan fingerprint density at radius 2 is 1.82 bits per heavy atom. The van der Waals surface area contributed by atoms with E-state index in [1.54, 1.807) is 13.0 Å². The van der Waals surface area contributed by atoms with E-state index in [9.17, 15) is 8.78 Å². The molecule has 3 atom stereocenters. The van der Waals surface area contributed by atoms with Gasteiger partial charge < -0.3 is 10.3 Å². The molecular formula is C29H35F5N4. The largest absolute Gasteiger partial charge is 0.380 e. The number of aromatic amines is 1. The minimum Gasteiger partial charge on any atom is -0.380 e. The molecule has 1 fully saturated rings. The van der Waals surface area contributed by atoms with Crippen LogP contribution in [-0.4, -0.2) is 65.4 Å². The van der Waals surface area contributed by atoms with Crippen LogP contribution in [-0.2, 0) is 6.42 Å². The van der Waals surface area contributed by atoms with Gasteiger partial charge in [-0.15, -0.1) is 0 Å². The lowest BCUT2D eigenvalue weighted by Gasteiger charge is -2.43. The maximum atomic E-state index is 15.8. The highest BCUT2D eigenvalue weighted by Crippen LogP contribution is 2.44. The first-order valence-corrected chi connectivity index (χ1v) is 13.4. The first kappa shape index (κ1) is 26.9. The zero-order chi connectivity index (χ0) is 27.2. The van der Waals surface area contributed by atoms with Gasteiger partial charge in [-0.1, -0.05) is 6.92 Å². The number of fused-ring (bicyclic) bond motifs is 3. The van der Waals surface area contributed by atoms with Crippen LogP contribution in [0.15, 0.2) is 30.3 Å². The van der Waals surface area contributed by atoms with Gasteiger partial charge in [-0.25, -0.2) is 17.6 Å². The molecule has 0 radical (unpaired) electrons. The Morgan fingerprint density at radius 1 is 1.11 bits per heavy atom. The van der Waals surface area contributed by atoms with Crippen molar-refractivity contribution in [1.29, 1.82) is 0 Å². The Hall–Kier alpha value is -2.65. The molecule has 2 aliphatic heterocycles. The van der Waals surface area contributed by atoms with E-state index in [1.807, 2.05) is 11.8 Å². The molecule has 2 aliphatic rings. The molecule has 2 aromatic carbocycles. The number of benzene rings is 2. The Balaban J connectivity index is 1.52. The standard InChI is InChI=1S/C29H35F5N4/c1-4-29(3,34)16-38-17(2)10-22-21-7-6-18(31)11-25(21)36-27(22)28(38)26-23(32)12-19(13-24(26)33)35-20-14-37(15-20)9-5-8-30/h6-7,11-13,17,20,28,35-36H,4-5,8-10,14-16H2,1-3H3/t17-,28-,29+/m1/s1. The van der Waals surface area contributed by atoms with Gasteiger partial charge in [0, 0.05) is 60.1 Å². The SMILES string of the molecule is CC[C@](C)(F)CN1[C@H](c2c(F)cc(NC3CN(CCCF)C3)cc2F)c2[nH]c3cc(F)ccc3c2C[C@H]1C. The lowest BCUT2D eigenvalue weighted by atomic mass is 9.86. The third-order valence-electron chi connectivity index (χ3n) is 8.11. The van der Waals surface area contributed by atoms with Crippen LogP contribution in [0.5, 0.6) is 0 Å². The maximum Gasteiger partial charge on any atom is 0.133 e. The third-order valence-corrected chi connectivity index (χ3v) is 8.11. The van der Waals surface area contributed by atoms with Crippen LogP contribution in [0.3, 0.4) is 0 Å². The molecule has 1 saturated heterocycles. The fourth-order valence-corrected chi connectivity index (χ4v) is 5.88. The van der Waals surface area contributed by atoms with Gasteiger partial charge in [0.25, 0.3) is 0 Å². The molecule has 0 unspecified atom stereocenters. The van der Waals surface area contributed by atoms with Gasteiger partial charge in [0.2, 0.25) is 0 Å². The zero-order valence-electron chi connectivity index (χ0n) is 22.1. The van der Waals surface area contributed by atoms with Crippen LogP contribution in [0.2, 0.25) is 0 Å². The summed E-state index contributed by atoms with van der Waals surface area (Å²) in [6, 6.07) is 5.92. The second kappa shape index (κ2) is 10.5. The van der Waals surface area contributed by atoms with E-state index in [1.165, 1.54) is 31.2 Å². The number of nitrogens with zero attached hydrogens (tertiary/aromatic N) is 2. The van der Waals surface area contributed by atoms with Crippen molar-refractivity contribution in [3.05, 3.63) is 64.6 Å². The summed E-state index contributed by atoms with van der Waals surface area (Å²) in [6.07, 6.45) is 1.27. The molecule has 5 rings (SSSR count). The van der Waals surface area contributed by atoms with Crippen molar-refractivity contribution < 1.29 is 22.0 Å². The first-order valence-electron chi connectivity index (χ1n) is 13.4. The summed E-state index contributed by atoms with van der Waals surface area (Å²) in [5, 5.41) is 3.98. The van der Waals surface area contributed by atoms with Gasteiger partial charge in [-0.3, -0.25) is 14.2 Å². The summed E-state index contributed by atoms with van der Waals surface area (Å²) in [7, 11) is 0. The van der Waals surface area contributed by atoms with E-state index in [0.29, 0.717) is 49.4 Å². The van der Waals surface area contributed by atoms with Gasteiger partial charge in [0.05, 0.1) is 18.8 Å². The number of halogens is 5. The molecule has 3 heterocycles. The van der Waals surface area contributed by atoms with E-state index < -0.39 is 29.2 Å². The molecule has 0 amide bonds. The van der Waals surface area contributed by atoms with Crippen LogP contribution in [0.4, 0.5) is 27.6 Å². The van der Waals surface area contributed by atoms with Gasteiger partial charge >= 0.3 is 0 Å². The molecule has 206 valence electrons. The molecule has 0 aliphatic carbocycles. The number of H-pyrrole nitrogens is 1. The van der Waals surface area contributed by atoms with Crippen molar-refractivity contribution in [1.82, 2.24) is 14.8 Å². The van der Waals surface area contributed by atoms with E-state index in [-0.39, 0.29) is 37.3 Å². The fourth-order valence-electron chi connectivity index (χ4n) is 5.88. The number of alkyl halides is 2. The second-order valence-corrected chi connectivity index (χ2v) is 11.1. The highest BCUT2D eigenvalue weighted by molar-refractivity contribution is 5.85. The smallest absolute Gasteiger partial charge is 0.133 e. The molecule has 0 bridgehead atoms. The summed E-state index contributed by atoms with van der Waals surface area (Å²) in [4.78, 5) is 7.12. The number of anilines is 1. The minimum absolute atomic E-state index is 0.00578. The molecule has 2 N–H and O–H groups in total. The summed E-state index contributed by atoms with van der Waals surface area (Å²) >= 11 is 0. The molecule has 4 nitrogen and oxygen atoms in total. The molecule has 3 aromatic rings. The lowest BCUT2D eigenvalue weighted by Crippen LogP contribution is -2.54. The Kier molecular flexibility index (Phi) is 7.44. The van der Waals surface area contributed by atoms with Crippen LogP contribution in [0.25, 0.3) is 10.9 Å². The van der Waals surface area contributed by atoms with Crippen molar-refractivity contribution in [2.24, 2.45) is 0 Å². The number of hydrogen-bond acceptors (Lipinski definition) is 3. The minimum atomic E-state index is -1.56. The quantitative estimate of drug-likeness (QED) is 0.307. The molecule has 1 aromatic heterocycles. The van der Waals surface area contributed by atoms with Crippen molar-refractivity contribution in [3.63, 3.8) is 0 Å². The topological polar surface area (TPSA) is 34.3 Å². The molecular weight excluding hydrogens is 499 g/mol. The van der Waals surface area contributed by atoms with Crippen LogP contribution in [0, 0.1) is 17.5 Å². The lowest BCUT2D eigenvalue weighted by molar-refractivity contribution is 0.0516. The molecule has 38 heavy (non-hydrogen) atoms. The number of hydrogen-bond donors (Lipinski definition) is 2. The number of aromatic nitrogens is 1. The fraction of sp³-hybridized carbons (Fsp3) is 0.517. The predicted molar refractivity (Wildman–Crippen MR) is 141 cm³/mol. The second-order valence-electron chi connectivity index (χ2n) is 11.1. The summed E-state index contributed by atoms with van der Waals surface area (Å²) in [5.74, 6) is -1.86. The average molecular weight is 535 g/mol. The number of likely N-dealkylation sites (tertiary alicyclic amines) is 1. The Morgan fingerprint density at radius 3 is 2.47 bits per heavy atom. The van der Waals surface area contributed by atoms with E-state index in [0.717, 1.165) is 10.9 Å². The number of rotatable bonds is 9. The van der Waals surface area contributed by atoms with Crippen molar-refractivity contribution in [2.45, 2.75) is 63.8 Å². The average Bonchev–Trinajstić information content (AvgIpc) is 3.18. The molecule has 0 saturated carbocycles. The maximum absolute atomic E-state index is 15.8. The third kappa shape index (κ3) is 5.15. The van der Waals surface area contributed by atoms with Crippen molar-refractivity contribution >= 4 is 16.6 Å². The van der Waals surface area contributed by atoms with Gasteiger partial charge in [-0.2, -0.15) is 0 Å². The van der Waals surface area contributed by atoms with Crippen LogP contribution in [0.1, 0.15) is 56.5 Å². The van der Waals surface area contributed by atoms with Crippen molar-refractivity contribution in [3.8, 4) is 0 Å².